The van der Waals surface area contributed by atoms with Gasteiger partial charge in [-0.25, -0.2) is 0 Å². The van der Waals surface area contributed by atoms with Gasteiger partial charge in [0, 0.05) is 23.4 Å². The lowest BCUT2D eigenvalue weighted by atomic mass is 10.2. The molecule has 0 aromatic heterocycles. The lowest BCUT2D eigenvalue weighted by Gasteiger charge is -2.22. The summed E-state index contributed by atoms with van der Waals surface area (Å²) in [6, 6.07) is 7.20. The second-order valence-electron chi connectivity index (χ2n) is 3.64. The van der Waals surface area contributed by atoms with Gasteiger partial charge in [0.15, 0.2) is 0 Å². The first-order valence-corrected chi connectivity index (χ1v) is 6.33. The third kappa shape index (κ3) is 6.29. The van der Waals surface area contributed by atoms with Crippen molar-refractivity contribution in [2.24, 2.45) is 0 Å². The normalized spacial score (nSPS) is 12.1. The SMILES string of the molecule is FC(F)(F)CN(CCCl)Cc1ccc(Br)cc1. The first-order chi connectivity index (χ1) is 7.90. The van der Waals surface area contributed by atoms with Crippen LogP contribution in [0.5, 0.6) is 0 Å². The Balaban J connectivity index is 2.63. The predicted molar refractivity (Wildman–Crippen MR) is 66.2 cm³/mol. The van der Waals surface area contributed by atoms with Crippen LogP contribution >= 0.6 is 27.5 Å². The Morgan fingerprint density at radius 3 is 2.24 bits per heavy atom. The Bertz CT molecular complexity index is 340. The van der Waals surface area contributed by atoms with Crippen LogP contribution < -0.4 is 0 Å². The topological polar surface area (TPSA) is 3.24 Å². The van der Waals surface area contributed by atoms with Crippen molar-refractivity contribution in [3.05, 3.63) is 34.3 Å². The molecule has 0 bridgehead atoms. The molecule has 0 unspecified atom stereocenters. The van der Waals surface area contributed by atoms with E-state index in [0.29, 0.717) is 0 Å². The number of hydrogen-bond acceptors (Lipinski definition) is 1. The molecule has 6 heteroatoms. The molecule has 1 aromatic carbocycles. The smallest absolute Gasteiger partial charge is 0.290 e. The van der Waals surface area contributed by atoms with E-state index in [2.05, 4.69) is 15.9 Å². The van der Waals surface area contributed by atoms with Crippen molar-refractivity contribution in [1.82, 2.24) is 4.90 Å². The van der Waals surface area contributed by atoms with Crippen molar-refractivity contribution in [3.63, 3.8) is 0 Å². The van der Waals surface area contributed by atoms with Crippen LogP contribution in [-0.4, -0.2) is 30.0 Å². The number of nitrogens with zero attached hydrogens (tertiary/aromatic N) is 1. The quantitative estimate of drug-likeness (QED) is 0.736. The molecule has 0 fully saturated rings. The molecular weight excluding hydrogens is 318 g/mol. The molecule has 0 radical (unpaired) electrons. The summed E-state index contributed by atoms with van der Waals surface area (Å²) in [4.78, 5) is 1.29. The van der Waals surface area contributed by atoms with Crippen LogP contribution in [0.4, 0.5) is 13.2 Å². The summed E-state index contributed by atoms with van der Waals surface area (Å²) in [5.74, 6) is 0.187. The van der Waals surface area contributed by atoms with Crippen LogP contribution in [0, 0.1) is 0 Å². The van der Waals surface area contributed by atoms with E-state index in [4.69, 9.17) is 11.6 Å². The fourth-order valence-corrected chi connectivity index (χ4v) is 1.94. The highest BCUT2D eigenvalue weighted by atomic mass is 79.9. The first-order valence-electron chi connectivity index (χ1n) is 5.00. The minimum Gasteiger partial charge on any atom is -0.290 e. The fourth-order valence-electron chi connectivity index (χ4n) is 1.44. The van der Waals surface area contributed by atoms with E-state index in [1.54, 1.807) is 12.1 Å². The monoisotopic (exact) mass is 329 g/mol. The number of rotatable bonds is 5. The molecule has 0 aliphatic heterocycles. The maximum absolute atomic E-state index is 12.3. The average molecular weight is 331 g/mol. The summed E-state index contributed by atoms with van der Waals surface area (Å²) in [5.41, 5.74) is 0.836. The van der Waals surface area contributed by atoms with Gasteiger partial charge in [0.05, 0.1) is 6.54 Å². The Kier molecular flexibility index (Phi) is 5.76. The van der Waals surface area contributed by atoms with Gasteiger partial charge in [0.2, 0.25) is 0 Å². The van der Waals surface area contributed by atoms with Crippen molar-refractivity contribution in [3.8, 4) is 0 Å². The summed E-state index contributed by atoms with van der Waals surface area (Å²) in [6.45, 7) is -0.466. The molecule has 0 amide bonds. The van der Waals surface area contributed by atoms with E-state index < -0.39 is 12.7 Å². The number of hydrogen-bond donors (Lipinski definition) is 0. The van der Waals surface area contributed by atoms with Gasteiger partial charge in [-0.05, 0) is 17.7 Å². The second-order valence-corrected chi connectivity index (χ2v) is 4.93. The summed E-state index contributed by atoms with van der Waals surface area (Å²) >= 11 is 8.78. The van der Waals surface area contributed by atoms with E-state index in [-0.39, 0.29) is 19.0 Å². The zero-order chi connectivity index (χ0) is 12.9. The van der Waals surface area contributed by atoms with Crippen LogP contribution in [0.2, 0.25) is 0 Å². The molecule has 0 spiro atoms. The lowest BCUT2D eigenvalue weighted by Crippen LogP contribution is -2.35. The third-order valence-electron chi connectivity index (χ3n) is 2.12. The number of halogens is 5. The molecule has 0 heterocycles. The number of alkyl halides is 4. The highest BCUT2D eigenvalue weighted by Crippen LogP contribution is 2.19. The van der Waals surface area contributed by atoms with Crippen LogP contribution in [0.3, 0.4) is 0 Å². The van der Waals surface area contributed by atoms with E-state index in [9.17, 15) is 13.2 Å². The zero-order valence-corrected chi connectivity index (χ0v) is 11.3. The molecule has 17 heavy (non-hydrogen) atoms. The fraction of sp³-hybridized carbons (Fsp3) is 0.455. The Morgan fingerprint density at radius 2 is 1.76 bits per heavy atom. The van der Waals surface area contributed by atoms with E-state index in [1.165, 1.54) is 4.90 Å². The van der Waals surface area contributed by atoms with Crippen LogP contribution in [0.1, 0.15) is 5.56 Å². The van der Waals surface area contributed by atoms with E-state index >= 15 is 0 Å². The number of benzene rings is 1. The minimum atomic E-state index is -4.19. The predicted octanol–water partition coefficient (Wildman–Crippen LogP) is 4.05. The van der Waals surface area contributed by atoms with E-state index in [0.717, 1.165) is 10.0 Å². The molecule has 0 N–H and O–H groups in total. The van der Waals surface area contributed by atoms with Crippen LogP contribution in [-0.2, 0) is 6.54 Å². The summed E-state index contributed by atoms with van der Waals surface area (Å²) < 4.78 is 37.8. The van der Waals surface area contributed by atoms with Crippen molar-refractivity contribution in [2.45, 2.75) is 12.7 Å². The first kappa shape index (κ1) is 14.8. The van der Waals surface area contributed by atoms with Gasteiger partial charge in [0.1, 0.15) is 0 Å². The summed E-state index contributed by atoms with van der Waals surface area (Å²) in [5, 5.41) is 0. The highest BCUT2D eigenvalue weighted by molar-refractivity contribution is 9.10. The Morgan fingerprint density at radius 1 is 1.18 bits per heavy atom. The highest BCUT2D eigenvalue weighted by Gasteiger charge is 2.30. The van der Waals surface area contributed by atoms with Crippen molar-refractivity contribution < 1.29 is 13.2 Å². The lowest BCUT2D eigenvalue weighted by molar-refractivity contribution is -0.146. The van der Waals surface area contributed by atoms with Gasteiger partial charge in [-0.2, -0.15) is 13.2 Å². The molecule has 1 rings (SSSR count). The standard InChI is InChI=1S/C11H12BrClF3N/c12-10-3-1-9(2-4-10)7-17(6-5-13)8-11(14,15)16/h1-4H,5-8H2. The molecule has 0 saturated carbocycles. The summed E-state index contributed by atoms with van der Waals surface area (Å²) in [6.07, 6.45) is -4.19. The maximum atomic E-state index is 12.3. The average Bonchev–Trinajstić information content (AvgIpc) is 2.19. The maximum Gasteiger partial charge on any atom is 0.401 e. The van der Waals surface area contributed by atoms with Crippen LogP contribution in [0.15, 0.2) is 28.7 Å². The van der Waals surface area contributed by atoms with Gasteiger partial charge in [0.25, 0.3) is 0 Å². The van der Waals surface area contributed by atoms with Gasteiger partial charge in [-0.3, -0.25) is 4.90 Å². The van der Waals surface area contributed by atoms with E-state index in [1.807, 2.05) is 12.1 Å². The van der Waals surface area contributed by atoms with Gasteiger partial charge in [-0.1, -0.05) is 28.1 Å². The molecular formula is C11H12BrClF3N. The molecule has 0 aliphatic carbocycles. The molecule has 96 valence electrons. The molecule has 0 saturated heterocycles. The molecule has 0 aliphatic rings. The van der Waals surface area contributed by atoms with Gasteiger partial charge in [-0.15, -0.1) is 11.6 Å². The van der Waals surface area contributed by atoms with Gasteiger partial charge < -0.3 is 0 Å². The molecule has 1 aromatic rings. The van der Waals surface area contributed by atoms with Gasteiger partial charge >= 0.3 is 6.18 Å². The largest absolute Gasteiger partial charge is 0.401 e. The van der Waals surface area contributed by atoms with Crippen molar-refractivity contribution in [1.29, 1.82) is 0 Å². The second kappa shape index (κ2) is 6.61. The van der Waals surface area contributed by atoms with Crippen molar-refractivity contribution in [2.75, 3.05) is 19.0 Å². The summed E-state index contributed by atoms with van der Waals surface area (Å²) in [7, 11) is 0. The van der Waals surface area contributed by atoms with Crippen molar-refractivity contribution >= 4 is 27.5 Å². The molecule has 0 atom stereocenters. The Labute approximate surface area is 112 Å². The zero-order valence-electron chi connectivity index (χ0n) is 8.97. The Hall–Kier alpha value is -0.260. The minimum absolute atomic E-state index is 0.187. The molecule has 1 nitrogen and oxygen atoms in total. The van der Waals surface area contributed by atoms with Crippen LogP contribution in [0.25, 0.3) is 0 Å². The third-order valence-corrected chi connectivity index (χ3v) is 2.82.